The van der Waals surface area contributed by atoms with Crippen molar-refractivity contribution in [3.63, 3.8) is 0 Å². The second-order valence-corrected chi connectivity index (χ2v) is 6.96. The van der Waals surface area contributed by atoms with Crippen molar-refractivity contribution in [2.45, 2.75) is 33.1 Å². The van der Waals surface area contributed by atoms with Crippen molar-refractivity contribution < 1.29 is 13.9 Å². The van der Waals surface area contributed by atoms with E-state index in [0.717, 1.165) is 35.8 Å². The number of aryl methyl sites for hydroxylation is 2. The van der Waals surface area contributed by atoms with Gasteiger partial charge in [0, 0.05) is 23.1 Å². The molecule has 0 aliphatic carbocycles. The van der Waals surface area contributed by atoms with Crippen LogP contribution in [0.15, 0.2) is 51.7 Å². The van der Waals surface area contributed by atoms with Gasteiger partial charge < -0.3 is 9.15 Å². The number of hydrogen-bond acceptors (Lipinski definition) is 4. The minimum Gasteiger partial charge on any atom is -0.484 e. The van der Waals surface area contributed by atoms with Crippen LogP contribution in [0.1, 0.15) is 41.3 Å². The number of rotatable bonds is 7. The fraction of sp³-hybridized carbons (Fsp3) is 0.273. The molecule has 2 aromatic carbocycles. The second kappa shape index (κ2) is 8.40. The molecular formula is C22H21ClO4. The minimum absolute atomic E-state index is 0.145. The topological polar surface area (TPSA) is 56.5 Å². The summed E-state index contributed by atoms with van der Waals surface area (Å²) >= 11 is 6.34. The highest BCUT2D eigenvalue weighted by atomic mass is 35.5. The fourth-order valence-corrected chi connectivity index (χ4v) is 3.10. The molecule has 27 heavy (non-hydrogen) atoms. The molecule has 0 bridgehead atoms. The van der Waals surface area contributed by atoms with Crippen LogP contribution in [0.4, 0.5) is 0 Å². The zero-order valence-electron chi connectivity index (χ0n) is 15.4. The van der Waals surface area contributed by atoms with E-state index in [4.69, 9.17) is 20.8 Å². The second-order valence-electron chi connectivity index (χ2n) is 6.55. The maximum absolute atomic E-state index is 12.3. The van der Waals surface area contributed by atoms with E-state index in [9.17, 15) is 9.59 Å². The molecule has 0 atom stereocenters. The standard InChI is InChI=1S/C22H21ClO4/c1-3-4-5-16-10-22(25)27-20-12-21(18(23)11-17(16)20)26-13-19(24)15-8-6-14(2)7-9-15/h6-12H,3-5,13H2,1-2H3. The van der Waals surface area contributed by atoms with Gasteiger partial charge in [-0.2, -0.15) is 0 Å². The Labute approximate surface area is 162 Å². The monoisotopic (exact) mass is 384 g/mol. The molecule has 0 N–H and O–H groups in total. The number of ether oxygens (including phenoxy) is 1. The summed E-state index contributed by atoms with van der Waals surface area (Å²) in [4.78, 5) is 24.1. The predicted molar refractivity (Wildman–Crippen MR) is 107 cm³/mol. The van der Waals surface area contributed by atoms with Crippen LogP contribution in [-0.4, -0.2) is 12.4 Å². The van der Waals surface area contributed by atoms with Crippen LogP contribution in [0, 0.1) is 6.92 Å². The van der Waals surface area contributed by atoms with E-state index < -0.39 is 5.63 Å². The van der Waals surface area contributed by atoms with Gasteiger partial charge in [0.15, 0.2) is 12.4 Å². The van der Waals surface area contributed by atoms with E-state index in [-0.39, 0.29) is 12.4 Å². The summed E-state index contributed by atoms with van der Waals surface area (Å²) in [5, 5.41) is 1.18. The van der Waals surface area contributed by atoms with E-state index in [1.165, 1.54) is 6.07 Å². The van der Waals surface area contributed by atoms with Crippen LogP contribution in [-0.2, 0) is 6.42 Å². The molecule has 0 aliphatic heterocycles. The van der Waals surface area contributed by atoms with Crippen molar-refractivity contribution in [1.29, 1.82) is 0 Å². The molecule has 0 fully saturated rings. The average molecular weight is 385 g/mol. The lowest BCUT2D eigenvalue weighted by Crippen LogP contribution is -2.12. The van der Waals surface area contributed by atoms with Gasteiger partial charge in [-0.05, 0) is 31.4 Å². The fourth-order valence-electron chi connectivity index (χ4n) is 2.88. The first-order valence-electron chi connectivity index (χ1n) is 8.97. The molecule has 0 radical (unpaired) electrons. The largest absolute Gasteiger partial charge is 0.484 e. The molecule has 3 aromatic rings. The van der Waals surface area contributed by atoms with Crippen LogP contribution in [0.3, 0.4) is 0 Å². The number of carbonyl (C=O) groups is 1. The third-order valence-corrected chi connectivity index (χ3v) is 4.71. The first kappa shape index (κ1) is 19.2. The van der Waals surface area contributed by atoms with Gasteiger partial charge in [-0.25, -0.2) is 4.79 Å². The third-order valence-electron chi connectivity index (χ3n) is 4.41. The van der Waals surface area contributed by atoms with Crippen LogP contribution >= 0.6 is 11.6 Å². The molecule has 0 spiro atoms. The maximum Gasteiger partial charge on any atom is 0.336 e. The molecular weight excluding hydrogens is 364 g/mol. The number of ketones is 1. The maximum atomic E-state index is 12.3. The summed E-state index contributed by atoms with van der Waals surface area (Å²) in [6.45, 7) is 3.91. The van der Waals surface area contributed by atoms with E-state index in [1.807, 2.05) is 19.1 Å². The minimum atomic E-state index is -0.405. The Bertz CT molecular complexity index is 1020. The molecule has 0 amide bonds. The van der Waals surface area contributed by atoms with Crippen molar-refractivity contribution in [2.24, 2.45) is 0 Å². The average Bonchev–Trinajstić information content (AvgIpc) is 2.65. The number of Topliss-reactive ketones (excluding diaryl/α,β-unsaturated/α-hetero) is 1. The summed E-state index contributed by atoms with van der Waals surface area (Å²) in [6.07, 6.45) is 2.78. The Morgan fingerprint density at radius 1 is 1.15 bits per heavy atom. The van der Waals surface area contributed by atoms with Gasteiger partial charge in [0.05, 0.1) is 5.02 Å². The van der Waals surface area contributed by atoms with Gasteiger partial charge in [0.2, 0.25) is 0 Å². The lowest BCUT2D eigenvalue weighted by molar-refractivity contribution is 0.0921. The van der Waals surface area contributed by atoms with Gasteiger partial charge in [-0.15, -0.1) is 0 Å². The number of unbranched alkanes of at least 4 members (excludes halogenated alkanes) is 1. The van der Waals surface area contributed by atoms with E-state index in [1.54, 1.807) is 24.3 Å². The number of carbonyl (C=O) groups excluding carboxylic acids is 1. The van der Waals surface area contributed by atoms with Crippen molar-refractivity contribution in [2.75, 3.05) is 6.61 Å². The zero-order chi connectivity index (χ0) is 19.4. The quantitative estimate of drug-likeness (QED) is 0.406. The molecule has 0 unspecified atom stereocenters. The molecule has 3 rings (SSSR count). The third kappa shape index (κ3) is 4.58. The normalized spacial score (nSPS) is 10.9. The highest BCUT2D eigenvalue weighted by molar-refractivity contribution is 6.32. The SMILES string of the molecule is CCCCc1cc(=O)oc2cc(OCC(=O)c3ccc(C)cc3)c(Cl)cc12. The zero-order valence-corrected chi connectivity index (χ0v) is 16.1. The van der Waals surface area contributed by atoms with E-state index >= 15 is 0 Å². The Balaban J connectivity index is 1.84. The van der Waals surface area contributed by atoms with Gasteiger partial charge in [-0.1, -0.05) is 54.8 Å². The van der Waals surface area contributed by atoms with Crippen molar-refractivity contribution >= 4 is 28.4 Å². The van der Waals surface area contributed by atoms with Gasteiger partial charge in [-0.3, -0.25) is 4.79 Å². The van der Waals surface area contributed by atoms with Crippen molar-refractivity contribution in [3.8, 4) is 5.75 Å². The first-order valence-corrected chi connectivity index (χ1v) is 9.34. The first-order chi connectivity index (χ1) is 13.0. The van der Waals surface area contributed by atoms with Crippen molar-refractivity contribution in [3.05, 3.63) is 74.6 Å². The van der Waals surface area contributed by atoms with Crippen LogP contribution in [0.25, 0.3) is 11.0 Å². The van der Waals surface area contributed by atoms with E-state index in [2.05, 4.69) is 6.92 Å². The summed E-state index contributed by atoms with van der Waals surface area (Å²) in [5.74, 6) is 0.171. The molecule has 0 saturated carbocycles. The molecule has 1 aromatic heterocycles. The predicted octanol–water partition coefficient (Wildman–Crippen LogP) is 5.36. The van der Waals surface area contributed by atoms with Gasteiger partial charge >= 0.3 is 5.63 Å². The van der Waals surface area contributed by atoms with Crippen LogP contribution in [0.5, 0.6) is 5.75 Å². The lowest BCUT2D eigenvalue weighted by atomic mass is 10.0. The van der Waals surface area contributed by atoms with Gasteiger partial charge in [0.1, 0.15) is 11.3 Å². The lowest BCUT2D eigenvalue weighted by Gasteiger charge is -2.10. The Hall–Kier alpha value is -2.59. The Morgan fingerprint density at radius 2 is 1.89 bits per heavy atom. The van der Waals surface area contributed by atoms with E-state index in [0.29, 0.717) is 21.9 Å². The summed E-state index contributed by atoms with van der Waals surface area (Å²) in [5.41, 5.74) is 2.57. The smallest absolute Gasteiger partial charge is 0.336 e. The summed E-state index contributed by atoms with van der Waals surface area (Å²) in [7, 11) is 0. The highest BCUT2D eigenvalue weighted by Crippen LogP contribution is 2.31. The number of hydrogen-bond donors (Lipinski definition) is 0. The Morgan fingerprint density at radius 3 is 2.59 bits per heavy atom. The number of fused-ring (bicyclic) bond motifs is 1. The Kier molecular flexibility index (Phi) is 5.97. The number of benzene rings is 2. The van der Waals surface area contributed by atoms with Crippen LogP contribution in [0.2, 0.25) is 5.02 Å². The van der Waals surface area contributed by atoms with Crippen molar-refractivity contribution in [1.82, 2.24) is 0 Å². The summed E-state index contributed by atoms with van der Waals surface area (Å²) < 4.78 is 10.9. The molecule has 4 nitrogen and oxygen atoms in total. The highest BCUT2D eigenvalue weighted by Gasteiger charge is 2.13. The molecule has 0 saturated heterocycles. The molecule has 0 aliphatic rings. The molecule has 140 valence electrons. The number of halogens is 1. The molecule has 1 heterocycles. The van der Waals surface area contributed by atoms with Crippen LogP contribution < -0.4 is 10.4 Å². The summed E-state index contributed by atoms with van der Waals surface area (Å²) in [6, 6.07) is 12.1. The molecule has 5 heteroatoms. The van der Waals surface area contributed by atoms with Gasteiger partial charge in [0.25, 0.3) is 0 Å².